The van der Waals surface area contributed by atoms with E-state index in [2.05, 4.69) is 15.5 Å². The minimum Gasteiger partial charge on any atom is -0.504 e. The second-order valence-corrected chi connectivity index (χ2v) is 9.29. The van der Waals surface area contributed by atoms with Crippen LogP contribution in [0.25, 0.3) is 6.08 Å². The van der Waals surface area contributed by atoms with Crippen LogP contribution in [0, 0.1) is 17.2 Å². The standard InChI is InChI=1S/C17H18N4O5S2/c1-10(2)9-28(24,25)17-21-20-16(27-17)19-15(23)12(8-18)6-11-4-5-13(22)14(7-11)26-3/h4-7,10,22H,9H2,1-3H3,(H,19,20,23)/b12-6-. The van der Waals surface area contributed by atoms with E-state index in [1.54, 1.807) is 19.9 Å². The van der Waals surface area contributed by atoms with Gasteiger partial charge in [-0.05, 0) is 29.7 Å². The van der Waals surface area contributed by atoms with Crippen LogP contribution in [-0.4, -0.2) is 42.5 Å². The summed E-state index contributed by atoms with van der Waals surface area (Å²) in [6.45, 7) is 3.53. The maximum absolute atomic E-state index is 12.3. The Morgan fingerprint density at radius 1 is 1.43 bits per heavy atom. The van der Waals surface area contributed by atoms with Crippen molar-refractivity contribution in [3.63, 3.8) is 0 Å². The van der Waals surface area contributed by atoms with Gasteiger partial charge in [0.1, 0.15) is 11.6 Å². The molecule has 0 fully saturated rings. The van der Waals surface area contributed by atoms with Gasteiger partial charge in [-0.2, -0.15) is 5.26 Å². The largest absolute Gasteiger partial charge is 0.504 e. The highest BCUT2D eigenvalue weighted by atomic mass is 32.2. The van der Waals surface area contributed by atoms with E-state index in [9.17, 15) is 23.6 Å². The summed E-state index contributed by atoms with van der Waals surface area (Å²) >= 11 is 0.721. The smallest absolute Gasteiger partial charge is 0.268 e. The number of methoxy groups -OCH3 is 1. The maximum Gasteiger partial charge on any atom is 0.268 e. The van der Waals surface area contributed by atoms with Crippen LogP contribution in [0.4, 0.5) is 5.13 Å². The molecule has 2 aromatic rings. The summed E-state index contributed by atoms with van der Waals surface area (Å²) in [5, 5.41) is 28.5. The van der Waals surface area contributed by atoms with Crippen molar-refractivity contribution in [2.45, 2.75) is 18.2 Å². The second kappa shape index (κ2) is 8.81. The van der Waals surface area contributed by atoms with Gasteiger partial charge in [-0.3, -0.25) is 10.1 Å². The van der Waals surface area contributed by atoms with Gasteiger partial charge in [0.2, 0.25) is 19.3 Å². The van der Waals surface area contributed by atoms with Gasteiger partial charge in [0.25, 0.3) is 5.91 Å². The number of carbonyl (C=O) groups excluding carboxylic acids is 1. The van der Waals surface area contributed by atoms with Crippen molar-refractivity contribution in [3.05, 3.63) is 29.3 Å². The van der Waals surface area contributed by atoms with Crippen LogP contribution in [-0.2, 0) is 14.6 Å². The van der Waals surface area contributed by atoms with Gasteiger partial charge in [0.15, 0.2) is 11.5 Å². The molecule has 0 atom stereocenters. The number of phenolic OH excluding ortho intramolecular Hbond substituents is 1. The number of hydrogen-bond donors (Lipinski definition) is 2. The maximum atomic E-state index is 12.3. The van der Waals surface area contributed by atoms with Crippen LogP contribution in [0.5, 0.6) is 11.5 Å². The molecular formula is C17H18N4O5S2. The second-order valence-electron chi connectivity index (χ2n) is 6.10. The summed E-state index contributed by atoms with van der Waals surface area (Å²) in [6, 6.07) is 6.10. The van der Waals surface area contributed by atoms with Gasteiger partial charge in [-0.15, -0.1) is 10.2 Å². The van der Waals surface area contributed by atoms with Gasteiger partial charge >= 0.3 is 0 Å². The van der Waals surface area contributed by atoms with Gasteiger partial charge < -0.3 is 9.84 Å². The molecule has 11 heteroatoms. The Balaban J connectivity index is 2.20. The molecule has 1 heterocycles. The number of ether oxygens (including phenoxy) is 1. The van der Waals surface area contributed by atoms with E-state index in [1.165, 1.54) is 31.4 Å². The average Bonchev–Trinajstić information content (AvgIpc) is 3.09. The van der Waals surface area contributed by atoms with E-state index < -0.39 is 15.7 Å². The van der Waals surface area contributed by atoms with Crippen molar-refractivity contribution < 1.29 is 23.1 Å². The summed E-state index contributed by atoms with van der Waals surface area (Å²) < 4.78 is 29.1. The fraction of sp³-hybridized carbons (Fsp3) is 0.294. The third-order valence-corrected chi connectivity index (χ3v) is 6.69. The molecule has 0 bridgehead atoms. The molecule has 2 N–H and O–H groups in total. The van der Waals surface area contributed by atoms with Gasteiger partial charge in [-0.25, -0.2) is 8.42 Å². The van der Waals surface area contributed by atoms with Crippen LogP contribution in [0.2, 0.25) is 0 Å². The Labute approximate surface area is 166 Å². The molecule has 0 aliphatic rings. The SMILES string of the molecule is COc1cc(/C=C(/C#N)C(=O)Nc2nnc(S(=O)(=O)CC(C)C)s2)ccc1O. The number of nitrogens with one attached hydrogen (secondary N) is 1. The topological polar surface area (TPSA) is 142 Å². The molecule has 0 radical (unpaired) electrons. The van der Waals surface area contributed by atoms with Gasteiger partial charge in [0, 0.05) is 0 Å². The van der Waals surface area contributed by atoms with Crippen LogP contribution < -0.4 is 10.1 Å². The number of phenols is 1. The Morgan fingerprint density at radius 3 is 2.75 bits per heavy atom. The number of nitriles is 1. The van der Waals surface area contributed by atoms with E-state index in [0.29, 0.717) is 5.56 Å². The fourth-order valence-corrected chi connectivity index (χ4v) is 4.77. The van der Waals surface area contributed by atoms with E-state index in [-0.39, 0.29) is 38.2 Å². The molecule has 148 valence electrons. The minimum absolute atomic E-state index is 0.0308. The van der Waals surface area contributed by atoms with Gasteiger partial charge in [0.05, 0.1) is 12.9 Å². The molecule has 1 amide bonds. The number of amides is 1. The zero-order valence-corrected chi connectivity index (χ0v) is 17.0. The highest BCUT2D eigenvalue weighted by Gasteiger charge is 2.22. The first-order valence-corrected chi connectivity index (χ1v) is 10.5. The van der Waals surface area contributed by atoms with Crippen molar-refractivity contribution in [2.75, 3.05) is 18.2 Å². The van der Waals surface area contributed by atoms with E-state index in [1.807, 2.05) is 0 Å². The average molecular weight is 422 g/mol. The lowest BCUT2D eigenvalue weighted by Gasteiger charge is -2.04. The number of sulfone groups is 1. The Hall–Kier alpha value is -2.97. The third kappa shape index (κ3) is 5.28. The van der Waals surface area contributed by atoms with E-state index in [4.69, 9.17) is 4.74 Å². The Kier molecular flexibility index (Phi) is 6.71. The van der Waals surface area contributed by atoms with Crippen LogP contribution >= 0.6 is 11.3 Å². The van der Waals surface area contributed by atoms with Gasteiger partial charge in [-0.1, -0.05) is 31.3 Å². The summed E-state index contributed by atoms with van der Waals surface area (Å²) in [7, 11) is -2.21. The van der Waals surface area contributed by atoms with Crippen molar-refractivity contribution >= 4 is 38.3 Å². The predicted octanol–water partition coefficient (Wildman–Crippen LogP) is 2.23. The molecule has 28 heavy (non-hydrogen) atoms. The molecule has 0 saturated heterocycles. The molecule has 0 saturated carbocycles. The quantitative estimate of drug-likeness (QED) is 0.393. The molecule has 1 aromatic carbocycles. The monoisotopic (exact) mass is 422 g/mol. The first kappa shape index (κ1) is 21.3. The molecule has 9 nitrogen and oxygen atoms in total. The van der Waals surface area contributed by atoms with Crippen molar-refractivity contribution in [2.24, 2.45) is 5.92 Å². The summed E-state index contributed by atoms with van der Waals surface area (Å²) in [5.74, 6) is -0.815. The number of benzene rings is 1. The lowest BCUT2D eigenvalue weighted by atomic mass is 10.1. The molecule has 0 aliphatic heterocycles. The number of aromatic nitrogens is 2. The van der Waals surface area contributed by atoms with E-state index in [0.717, 1.165) is 11.3 Å². The lowest BCUT2D eigenvalue weighted by Crippen LogP contribution is -2.13. The molecule has 2 rings (SSSR count). The van der Waals surface area contributed by atoms with E-state index >= 15 is 0 Å². The fourth-order valence-electron chi connectivity index (χ4n) is 2.16. The molecular weight excluding hydrogens is 404 g/mol. The first-order valence-electron chi connectivity index (χ1n) is 8.02. The number of hydrogen-bond acceptors (Lipinski definition) is 9. The number of aromatic hydroxyl groups is 1. The van der Waals surface area contributed by atoms with Crippen LogP contribution in [0.3, 0.4) is 0 Å². The Morgan fingerprint density at radius 2 is 2.14 bits per heavy atom. The first-order chi connectivity index (χ1) is 13.2. The molecule has 0 aliphatic carbocycles. The number of nitrogens with zero attached hydrogens (tertiary/aromatic N) is 3. The third-order valence-electron chi connectivity index (χ3n) is 3.33. The van der Waals surface area contributed by atoms with Crippen molar-refractivity contribution in [3.8, 4) is 17.6 Å². The number of rotatable bonds is 7. The van der Waals surface area contributed by atoms with Crippen LogP contribution in [0.1, 0.15) is 19.4 Å². The summed E-state index contributed by atoms with van der Waals surface area (Å²) in [4.78, 5) is 12.3. The highest BCUT2D eigenvalue weighted by Crippen LogP contribution is 2.27. The van der Waals surface area contributed by atoms with Crippen molar-refractivity contribution in [1.82, 2.24) is 10.2 Å². The predicted molar refractivity (Wildman–Crippen MR) is 104 cm³/mol. The summed E-state index contributed by atoms with van der Waals surface area (Å²) in [5.41, 5.74) is 0.216. The summed E-state index contributed by atoms with van der Waals surface area (Å²) in [6.07, 6.45) is 1.30. The minimum atomic E-state index is -3.58. The molecule has 0 spiro atoms. The highest BCUT2D eigenvalue weighted by molar-refractivity contribution is 7.93. The zero-order chi connectivity index (χ0) is 20.9. The Bertz CT molecular complexity index is 1050. The normalized spacial score (nSPS) is 11.9. The van der Waals surface area contributed by atoms with Crippen LogP contribution in [0.15, 0.2) is 28.1 Å². The zero-order valence-electron chi connectivity index (χ0n) is 15.3. The lowest BCUT2D eigenvalue weighted by molar-refractivity contribution is -0.112. The molecule has 0 unspecified atom stereocenters. The number of anilines is 1. The number of carbonyl (C=O) groups is 1. The molecule has 1 aromatic heterocycles. The van der Waals surface area contributed by atoms with Crippen molar-refractivity contribution in [1.29, 1.82) is 5.26 Å².